The molecule has 1 aromatic heterocycles. The molecule has 5 heteroatoms. The summed E-state index contributed by atoms with van der Waals surface area (Å²) in [5, 5.41) is 3.98. The van der Waals surface area contributed by atoms with Gasteiger partial charge in [0.2, 0.25) is 5.91 Å². The van der Waals surface area contributed by atoms with E-state index >= 15 is 0 Å². The normalized spacial score (nSPS) is 11.1. The molecule has 2 rings (SSSR count). The maximum Gasteiger partial charge on any atom is 0.250 e. The Morgan fingerprint density at radius 1 is 1.04 bits per heavy atom. The van der Waals surface area contributed by atoms with Crippen LogP contribution in [0.4, 0.5) is 0 Å². The van der Waals surface area contributed by atoms with Crippen LogP contribution in [0.1, 0.15) is 38.9 Å². The number of nitrogens with one attached hydrogen (secondary N) is 1. The first-order valence-electron chi connectivity index (χ1n) is 8.27. The molecule has 0 radical (unpaired) electrons. The number of hydrogen-bond donors (Lipinski definition) is 1. The SMILES string of the molecule is Cc1c(C)c(C)c(CSCC(=O)N/N=C\c2ccncc2)c(C)c1C. The Morgan fingerprint density at radius 3 is 2.20 bits per heavy atom. The fourth-order valence-electron chi connectivity index (χ4n) is 2.70. The van der Waals surface area contributed by atoms with Crippen molar-refractivity contribution in [1.82, 2.24) is 10.4 Å². The van der Waals surface area contributed by atoms with Crippen LogP contribution >= 0.6 is 11.8 Å². The van der Waals surface area contributed by atoms with E-state index in [-0.39, 0.29) is 5.91 Å². The largest absolute Gasteiger partial charge is 0.272 e. The van der Waals surface area contributed by atoms with E-state index in [2.05, 4.69) is 50.1 Å². The summed E-state index contributed by atoms with van der Waals surface area (Å²) in [4.78, 5) is 15.9. The van der Waals surface area contributed by atoms with Gasteiger partial charge in [-0.25, -0.2) is 5.43 Å². The number of nitrogens with zero attached hydrogens (tertiary/aromatic N) is 2. The molecule has 0 saturated heterocycles. The Morgan fingerprint density at radius 2 is 1.60 bits per heavy atom. The molecular formula is C20H25N3OS. The van der Waals surface area contributed by atoms with Crippen LogP contribution in [-0.2, 0) is 10.5 Å². The summed E-state index contributed by atoms with van der Waals surface area (Å²) in [6.07, 6.45) is 5.00. The highest BCUT2D eigenvalue weighted by Gasteiger charge is 2.12. The molecule has 4 nitrogen and oxygen atoms in total. The third kappa shape index (κ3) is 4.92. The van der Waals surface area contributed by atoms with Gasteiger partial charge in [0.15, 0.2) is 0 Å². The van der Waals surface area contributed by atoms with E-state index in [1.54, 1.807) is 30.4 Å². The van der Waals surface area contributed by atoms with Crippen molar-refractivity contribution in [2.75, 3.05) is 5.75 Å². The maximum absolute atomic E-state index is 11.9. The van der Waals surface area contributed by atoms with Crippen LogP contribution in [0.15, 0.2) is 29.6 Å². The van der Waals surface area contributed by atoms with Crippen LogP contribution in [-0.4, -0.2) is 22.9 Å². The van der Waals surface area contributed by atoms with E-state index in [4.69, 9.17) is 0 Å². The van der Waals surface area contributed by atoms with Crippen molar-refractivity contribution >= 4 is 23.9 Å². The minimum atomic E-state index is -0.0915. The Hall–Kier alpha value is -2.14. The fraction of sp³-hybridized carbons (Fsp3) is 0.350. The number of carbonyl (C=O) groups is 1. The van der Waals surface area contributed by atoms with Gasteiger partial charge in [0.05, 0.1) is 12.0 Å². The van der Waals surface area contributed by atoms with Gasteiger partial charge in [-0.3, -0.25) is 9.78 Å². The molecule has 0 fully saturated rings. The Labute approximate surface area is 154 Å². The molecule has 0 unspecified atom stereocenters. The number of thioether (sulfide) groups is 1. The van der Waals surface area contributed by atoms with Gasteiger partial charge in [0.1, 0.15) is 0 Å². The van der Waals surface area contributed by atoms with Gasteiger partial charge in [-0.2, -0.15) is 5.10 Å². The van der Waals surface area contributed by atoms with Gasteiger partial charge >= 0.3 is 0 Å². The predicted octanol–water partition coefficient (Wildman–Crippen LogP) is 4.01. The van der Waals surface area contributed by atoms with Crippen molar-refractivity contribution in [3.05, 3.63) is 63.5 Å². The third-order valence-corrected chi connectivity index (χ3v) is 5.70. The van der Waals surface area contributed by atoms with Crippen molar-refractivity contribution in [3.63, 3.8) is 0 Å². The minimum absolute atomic E-state index is 0.0915. The van der Waals surface area contributed by atoms with E-state index in [1.807, 2.05) is 12.1 Å². The molecule has 0 aliphatic rings. The molecule has 0 aliphatic heterocycles. The lowest BCUT2D eigenvalue weighted by molar-refractivity contribution is -0.118. The van der Waals surface area contributed by atoms with Gasteiger partial charge in [0.25, 0.3) is 0 Å². The molecule has 1 aromatic carbocycles. The summed E-state index contributed by atoms with van der Waals surface area (Å²) >= 11 is 1.62. The van der Waals surface area contributed by atoms with Crippen LogP contribution < -0.4 is 5.43 Å². The topological polar surface area (TPSA) is 54.4 Å². The first-order chi connectivity index (χ1) is 11.9. The third-order valence-electron chi connectivity index (χ3n) is 4.74. The molecule has 25 heavy (non-hydrogen) atoms. The molecule has 0 aliphatic carbocycles. The summed E-state index contributed by atoms with van der Waals surface area (Å²) < 4.78 is 0. The lowest BCUT2D eigenvalue weighted by Crippen LogP contribution is -2.19. The lowest BCUT2D eigenvalue weighted by atomic mass is 9.90. The summed E-state index contributed by atoms with van der Waals surface area (Å²) in [6, 6.07) is 3.66. The van der Waals surface area contributed by atoms with Crippen molar-refractivity contribution in [3.8, 4) is 0 Å². The van der Waals surface area contributed by atoms with Crippen molar-refractivity contribution in [2.45, 2.75) is 40.4 Å². The summed E-state index contributed by atoms with van der Waals surface area (Å²) in [5.74, 6) is 1.13. The molecule has 0 bridgehead atoms. The highest BCUT2D eigenvalue weighted by Crippen LogP contribution is 2.28. The number of rotatable bonds is 6. The molecule has 0 spiro atoms. The van der Waals surface area contributed by atoms with E-state index < -0.39 is 0 Å². The van der Waals surface area contributed by atoms with Gasteiger partial charge in [-0.05, 0) is 85.7 Å². The highest BCUT2D eigenvalue weighted by atomic mass is 32.2. The second-order valence-corrected chi connectivity index (χ2v) is 7.16. The van der Waals surface area contributed by atoms with Crippen LogP contribution in [0, 0.1) is 34.6 Å². The number of pyridine rings is 1. The standard InChI is InChI=1S/C20H25N3OS/c1-13-14(2)16(4)19(17(5)15(13)3)11-25-12-20(24)23-22-10-18-6-8-21-9-7-18/h6-10H,11-12H2,1-5H3,(H,23,24)/b22-10-. The van der Waals surface area contributed by atoms with Crippen LogP contribution in [0.3, 0.4) is 0 Å². The number of amides is 1. The number of carbonyl (C=O) groups excluding carboxylic acids is 1. The fourth-order valence-corrected chi connectivity index (χ4v) is 3.69. The van der Waals surface area contributed by atoms with Crippen LogP contribution in [0.5, 0.6) is 0 Å². The average Bonchev–Trinajstić information content (AvgIpc) is 2.62. The Bertz CT molecular complexity index is 756. The Balaban J connectivity index is 1.89. The molecule has 1 amide bonds. The van der Waals surface area contributed by atoms with Gasteiger partial charge in [0, 0.05) is 18.1 Å². The van der Waals surface area contributed by atoms with Crippen molar-refractivity contribution < 1.29 is 4.79 Å². The first kappa shape index (κ1) is 19.2. The molecule has 0 saturated carbocycles. The molecular weight excluding hydrogens is 330 g/mol. The smallest absolute Gasteiger partial charge is 0.250 e. The van der Waals surface area contributed by atoms with E-state index in [1.165, 1.54) is 33.4 Å². The monoisotopic (exact) mass is 355 g/mol. The molecule has 132 valence electrons. The van der Waals surface area contributed by atoms with Crippen LogP contribution in [0.25, 0.3) is 0 Å². The van der Waals surface area contributed by atoms with Crippen molar-refractivity contribution in [2.24, 2.45) is 5.10 Å². The molecule has 1 heterocycles. The average molecular weight is 356 g/mol. The zero-order valence-corrected chi connectivity index (χ0v) is 16.3. The molecule has 2 aromatic rings. The number of benzene rings is 1. The number of aromatic nitrogens is 1. The van der Waals surface area contributed by atoms with E-state index in [9.17, 15) is 4.79 Å². The van der Waals surface area contributed by atoms with Crippen molar-refractivity contribution in [1.29, 1.82) is 0 Å². The zero-order valence-electron chi connectivity index (χ0n) is 15.5. The summed E-state index contributed by atoms with van der Waals surface area (Å²) in [7, 11) is 0. The second-order valence-electron chi connectivity index (χ2n) is 6.17. The summed E-state index contributed by atoms with van der Waals surface area (Å²) in [6.45, 7) is 10.9. The van der Waals surface area contributed by atoms with Gasteiger partial charge in [-0.15, -0.1) is 11.8 Å². The van der Waals surface area contributed by atoms with E-state index in [0.29, 0.717) is 5.75 Å². The minimum Gasteiger partial charge on any atom is -0.272 e. The zero-order chi connectivity index (χ0) is 18.4. The lowest BCUT2D eigenvalue weighted by Gasteiger charge is -2.18. The van der Waals surface area contributed by atoms with Crippen LogP contribution in [0.2, 0.25) is 0 Å². The molecule has 1 N–H and O–H groups in total. The number of hydrogen-bond acceptors (Lipinski definition) is 4. The predicted molar refractivity (Wildman–Crippen MR) is 106 cm³/mol. The Kier molecular flexibility index (Phi) is 6.76. The van der Waals surface area contributed by atoms with E-state index in [0.717, 1.165) is 11.3 Å². The molecule has 0 atom stereocenters. The maximum atomic E-state index is 11.9. The number of hydrazone groups is 1. The van der Waals surface area contributed by atoms with Gasteiger partial charge < -0.3 is 0 Å². The second kappa shape index (κ2) is 8.81. The summed E-state index contributed by atoms with van der Waals surface area (Å²) in [5.41, 5.74) is 11.6. The highest BCUT2D eigenvalue weighted by molar-refractivity contribution is 7.99. The first-order valence-corrected chi connectivity index (χ1v) is 9.42. The quantitative estimate of drug-likeness (QED) is 0.629. The van der Waals surface area contributed by atoms with Gasteiger partial charge in [-0.1, -0.05) is 0 Å².